The van der Waals surface area contributed by atoms with E-state index in [1.807, 2.05) is 28.8 Å². The van der Waals surface area contributed by atoms with Gasteiger partial charge in [-0.25, -0.2) is 4.98 Å². The van der Waals surface area contributed by atoms with E-state index in [0.29, 0.717) is 16.9 Å². The van der Waals surface area contributed by atoms with Crippen LogP contribution in [0.1, 0.15) is 15.9 Å². The molecule has 0 atom stereocenters. The molecule has 24 heavy (non-hydrogen) atoms. The number of aromatic nitrogens is 4. The topological polar surface area (TPSA) is 86.7 Å². The highest BCUT2D eigenvalue weighted by molar-refractivity contribution is 6.16. The molecular formula is C18H13N5O. The molecule has 0 amide bonds. The van der Waals surface area contributed by atoms with E-state index in [1.54, 1.807) is 43.0 Å². The van der Waals surface area contributed by atoms with Gasteiger partial charge in [-0.3, -0.25) is 9.78 Å². The summed E-state index contributed by atoms with van der Waals surface area (Å²) in [4.78, 5) is 25.2. The Morgan fingerprint density at radius 2 is 1.88 bits per heavy atom. The summed E-state index contributed by atoms with van der Waals surface area (Å²) in [5.74, 6) is 0.722. The van der Waals surface area contributed by atoms with E-state index in [2.05, 4.69) is 15.0 Å². The third-order valence-electron chi connectivity index (χ3n) is 3.79. The van der Waals surface area contributed by atoms with E-state index in [4.69, 9.17) is 5.73 Å². The van der Waals surface area contributed by atoms with Crippen LogP contribution in [0, 0.1) is 0 Å². The number of nitrogens with two attached hydrogens (primary N) is 1. The van der Waals surface area contributed by atoms with Crippen LogP contribution in [0.2, 0.25) is 0 Å². The Morgan fingerprint density at radius 1 is 1.04 bits per heavy atom. The van der Waals surface area contributed by atoms with E-state index in [9.17, 15) is 4.79 Å². The average Bonchev–Trinajstić information content (AvgIpc) is 3.01. The minimum absolute atomic E-state index is 0.0608. The van der Waals surface area contributed by atoms with Gasteiger partial charge in [-0.05, 0) is 12.1 Å². The lowest BCUT2D eigenvalue weighted by atomic mass is 10.0. The fourth-order valence-electron chi connectivity index (χ4n) is 2.69. The molecule has 1 aromatic carbocycles. The first kappa shape index (κ1) is 14.1. The van der Waals surface area contributed by atoms with Crippen molar-refractivity contribution in [2.24, 2.45) is 0 Å². The van der Waals surface area contributed by atoms with Crippen LogP contribution in [0.3, 0.4) is 0 Å². The van der Waals surface area contributed by atoms with Crippen molar-refractivity contribution in [1.29, 1.82) is 0 Å². The van der Waals surface area contributed by atoms with Crippen molar-refractivity contribution in [3.05, 3.63) is 78.4 Å². The van der Waals surface area contributed by atoms with Gasteiger partial charge in [0.25, 0.3) is 0 Å². The Labute approximate surface area is 137 Å². The summed E-state index contributed by atoms with van der Waals surface area (Å²) in [6.07, 6.45) is 6.72. The van der Waals surface area contributed by atoms with Crippen LogP contribution in [-0.2, 0) is 0 Å². The zero-order valence-corrected chi connectivity index (χ0v) is 12.6. The first-order valence-corrected chi connectivity index (χ1v) is 7.38. The number of hydrogen-bond acceptors (Lipinski definition) is 5. The van der Waals surface area contributed by atoms with Gasteiger partial charge in [0.2, 0.25) is 5.95 Å². The number of carbonyl (C=O) groups excluding carboxylic acids is 1. The number of pyridine rings is 1. The van der Waals surface area contributed by atoms with E-state index >= 15 is 0 Å². The van der Waals surface area contributed by atoms with Crippen LogP contribution in [0.4, 0.5) is 5.95 Å². The van der Waals surface area contributed by atoms with E-state index in [-0.39, 0.29) is 11.7 Å². The zero-order valence-electron chi connectivity index (χ0n) is 12.6. The van der Waals surface area contributed by atoms with Gasteiger partial charge in [-0.1, -0.05) is 30.3 Å². The number of fused-ring (bicyclic) bond motifs is 1. The van der Waals surface area contributed by atoms with Crippen LogP contribution < -0.4 is 5.73 Å². The van der Waals surface area contributed by atoms with Crippen LogP contribution >= 0.6 is 0 Å². The SMILES string of the molecule is Nc1nccc(-n2cc(C(=O)c3ccccc3)c3cnccc32)n1. The number of rotatable bonds is 3. The average molecular weight is 315 g/mol. The van der Waals surface area contributed by atoms with Gasteiger partial charge in [0.05, 0.1) is 11.1 Å². The Morgan fingerprint density at radius 3 is 2.67 bits per heavy atom. The maximum atomic E-state index is 12.9. The number of ketones is 1. The molecule has 0 unspecified atom stereocenters. The Balaban J connectivity index is 1.94. The highest BCUT2D eigenvalue weighted by Crippen LogP contribution is 2.25. The van der Waals surface area contributed by atoms with Gasteiger partial charge in [-0.2, -0.15) is 4.98 Å². The largest absolute Gasteiger partial charge is 0.368 e. The monoisotopic (exact) mass is 315 g/mol. The Kier molecular flexibility index (Phi) is 3.28. The molecule has 2 N–H and O–H groups in total. The lowest BCUT2D eigenvalue weighted by Crippen LogP contribution is -2.02. The maximum Gasteiger partial charge on any atom is 0.221 e. The van der Waals surface area contributed by atoms with Crippen LogP contribution in [0.25, 0.3) is 16.7 Å². The van der Waals surface area contributed by atoms with Gasteiger partial charge in [0, 0.05) is 35.7 Å². The van der Waals surface area contributed by atoms with Crippen molar-refractivity contribution in [2.45, 2.75) is 0 Å². The fraction of sp³-hybridized carbons (Fsp3) is 0. The van der Waals surface area contributed by atoms with Crippen molar-refractivity contribution in [1.82, 2.24) is 19.5 Å². The molecule has 3 aromatic heterocycles. The second kappa shape index (κ2) is 5.58. The molecule has 4 aromatic rings. The molecule has 0 aliphatic heterocycles. The quantitative estimate of drug-likeness (QED) is 0.587. The van der Waals surface area contributed by atoms with E-state index in [0.717, 1.165) is 10.9 Å². The molecule has 0 aliphatic rings. The summed E-state index contributed by atoms with van der Waals surface area (Å²) in [6, 6.07) is 12.7. The van der Waals surface area contributed by atoms with Crippen molar-refractivity contribution in [3.63, 3.8) is 0 Å². The molecule has 0 fully saturated rings. The van der Waals surface area contributed by atoms with Crippen LogP contribution in [0.15, 0.2) is 67.3 Å². The lowest BCUT2D eigenvalue weighted by molar-refractivity contribution is 0.104. The highest BCUT2D eigenvalue weighted by Gasteiger charge is 2.18. The van der Waals surface area contributed by atoms with Crippen molar-refractivity contribution in [3.8, 4) is 5.82 Å². The number of nitrogen functional groups attached to an aromatic ring is 1. The molecule has 0 aliphatic carbocycles. The molecule has 3 heterocycles. The molecule has 6 heteroatoms. The number of nitrogens with zero attached hydrogens (tertiary/aromatic N) is 4. The van der Waals surface area contributed by atoms with E-state index in [1.165, 1.54) is 0 Å². The predicted octanol–water partition coefficient (Wildman–Crippen LogP) is 2.63. The third-order valence-corrected chi connectivity index (χ3v) is 3.79. The molecule has 0 bridgehead atoms. The lowest BCUT2D eigenvalue weighted by Gasteiger charge is -2.03. The number of carbonyl (C=O) groups is 1. The third kappa shape index (κ3) is 2.30. The minimum atomic E-state index is -0.0608. The van der Waals surface area contributed by atoms with Crippen molar-refractivity contribution in [2.75, 3.05) is 5.73 Å². The summed E-state index contributed by atoms with van der Waals surface area (Å²) in [7, 11) is 0. The molecular weight excluding hydrogens is 302 g/mol. The van der Waals surface area contributed by atoms with E-state index < -0.39 is 0 Å². The molecule has 0 radical (unpaired) electrons. The van der Waals surface area contributed by atoms with Gasteiger partial charge >= 0.3 is 0 Å². The first-order valence-electron chi connectivity index (χ1n) is 7.38. The summed E-state index contributed by atoms with van der Waals surface area (Å²) < 4.78 is 1.82. The fourth-order valence-corrected chi connectivity index (χ4v) is 2.69. The van der Waals surface area contributed by atoms with Gasteiger partial charge < -0.3 is 10.3 Å². The molecule has 0 spiro atoms. The summed E-state index contributed by atoms with van der Waals surface area (Å²) in [6.45, 7) is 0. The predicted molar refractivity (Wildman–Crippen MR) is 90.9 cm³/mol. The number of anilines is 1. The van der Waals surface area contributed by atoms with Crippen LogP contribution in [0.5, 0.6) is 0 Å². The summed E-state index contributed by atoms with van der Waals surface area (Å²) in [5, 5.41) is 0.767. The Bertz CT molecular complexity index is 1040. The smallest absolute Gasteiger partial charge is 0.221 e. The second-order valence-corrected chi connectivity index (χ2v) is 5.27. The van der Waals surface area contributed by atoms with Gasteiger partial charge in [-0.15, -0.1) is 0 Å². The summed E-state index contributed by atoms with van der Waals surface area (Å²) in [5.41, 5.74) is 7.72. The van der Waals surface area contributed by atoms with Gasteiger partial charge in [0.15, 0.2) is 5.78 Å². The molecule has 0 saturated carbocycles. The van der Waals surface area contributed by atoms with Crippen LogP contribution in [-0.4, -0.2) is 25.3 Å². The maximum absolute atomic E-state index is 12.9. The van der Waals surface area contributed by atoms with Crippen molar-refractivity contribution >= 4 is 22.6 Å². The molecule has 116 valence electrons. The number of benzene rings is 1. The standard InChI is InChI=1S/C18H13N5O/c19-18-21-9-7-16(22-18)23-11-14(13-10-20-8-6-15(13)23)17(24)12-4-2-1-3-5-12/h1-11H,(H2,19,21,22). The zero-order chi connectivity index (χ0) is 16.5. The summed E-state index contributed by atoms with van der Waals surface area (Å²) >= 11 is 0. The van der Waals surface area contributed by atoms with Crippen molar-refractivity contribution < 1.29 is 4.79 Å². The second-order valence-electron chi connectivity index (χ2n) is 5.27. The van der Waals surface area contributed by atoms with Gasteiger partial charge in [0.1, 0.15) is 5.82 Å². The highest BCUT2D eigenvalue weighted by atomic mass is 16.1. The first-order chi connectivity index (χ1) is 11.7. The number of hydrogen-bond donors (Lipinski definition) is 1. The molecule has 0 saturated heterocycles. The minimum Gasteiger partial charge on any atom is -0.368 e. The Hall–Kier alpha value is -3.54. The molecule has 4 rings (SSSR count). The normalized spacial score (nSPS) is 10.8. The molecule has 6 nitrogen and oxygen atoms in total.